The van der Waals surface area contributed by atoms with Crippen LogP contribution in [0.3, 0.4) is 0 Å². The summed E-state index contributed by atoms with van der Waals surface area (Å²) >= 11 is 0. The van der Waals surface area contributed by atoms with Gasteiger partial charge < -0.3 is 10.2 Å². The summed E-state index contributed by atoms with van der Waals surface area (Å²) < 4.78 is 0. The number of aliphatic hydroxyl groups is 1. The van der Waals surface area contributed by atoms with E-state index in [0.29, 0.717) is 18.8 Å². The SMILES string of the molecule is C=C(C)C1CCC(O)(C(=O)O)CC1. The fraction of sp³-hybridized carbons (Fsp3) is 0.700. The lowest BCUT2D eigenvalue weighted by molar-refractivity contribution is -0.162. The molecule has 0 radical (unpaired) electrons. The Morgan fingerprint density at radius 3 is 2.23 bits per heavy atom. The van der Waals surface area contributed by atoms with Crippen molar-refractivity contribution in [3.63, 3.8) is 0 Å². The molecular formula is C10H16O3. The van der Waals surface area contributed by atoms with Crippen LogP contribution in [0.5, 0.6) is 0 Å². The fourth-order valence-corrected chi connectivity index (χ4v) is 1.80. The second-order valence-corrected chi connectivity index (χ2v) is 3.96. The van der Waals surface area contributed by atoms with Crippen molar-refractivity contribution in [2.24, 2.45) is 5.92 Å². The van der Waals surface area contributed by atoms with Crippen LogP contribution >= 0.6 is 0 Å². The first kappa shape index (κ1) is 10.3. The first-order chi connectivity index (χ1) is 5.96. The molecule has 0 saturated heterocycles. The molecule has 0 aliphatic heterocycles. The highest BCUT2D eigenvalue weighted by atomic mass is 16.4. The van der Waals surface area contributed by atoms with E-state index in [1.54, 1.807) is 0 Å². The highest BCUT2D eigenvalue weighted by Crippen LogP contribution is 2.35. The Balaban J connectivity index is 2.56. The van der Waals surface area contributed by atoms with Gasteiger partial charge >= 0.3 is 5.97 Å². The molecule has 13 heavy (non-hydrogen) atoms. The minimum Gasteiger partial charge on any atom is -0.479 e. The maximum atomic E-state index is 10.7. The zero-order chi connectivity index (χ0) is 10.1. The van der Waals surface area contributed by atoms with Crippen molar-refractivity contribution < 1.29 is 15.0 Å². The predicted octanol–water partition coefficient (Wildman–Crippen LogP) is 1.57. The average molecular weight is 184 g/mol. The molecular weight excluding hydrogens is 168 g/mol. The molecule has 1 fully saturated rings. The van der Waals surface area contributed by atoms with Crippen molar-refractivity contribution in [1.29, 1.82) is 0 Å². The van der Waals surface area contributed by atoms with E-state index in [9.17, 15) is 9.90 Å². The Labute approximate surface area is 78.1 Å². The summed E-state index contributed by atoms with van der Waals surface area (Å²) in [6, 6.07) is 0. The molecule has 0 aromatic carbocycles. The van der Waals surface area contributed by atoms with E-state index in [1.165, 1.54) is 0 Å². The van der Waals surface area contributed by atoms with Crippen LogP contribution in [0.15, 0.2) is 12.2 Å². The Kier molecular flexibility index (Phi) is 2.76. The number of carboxylic acids is 1. The molecule has 2 N–H and O–H groups in total. The zero-order valence-electron chi connectivity index (χ0n) is 7.92. The largest absolute Gasteiger partial charge is 0.479 e. The normalized spacial score (nSPS) is 34.2. The summed E-state index contributed by atoms with van der Waals surface area (Å²) in [4.78, 5) is 10.7. The number of carboxylic acid groups (broad SMARTS) is 1. The lowest BCUT2D eigenvalue weighted by Crippen LogP contribution is -2.42. The summed E-state index contributed by atoms with van der Waals surface area (Å²) in [6.45, 7) is 5.80. The van der Waals surface area contributed by atoms with Crippen molar-refractivity contribution in [1.82, 2.24) is 0 Å². The molecule has 0 heterocycles. The van der Waals surface area contributed by atoms with E-state index >= 15 is 0 Å². The molecule has 1 saturated carbocycles. The maximum absolute atomic E-state index is 10.7. The molecule has 74 valence electrons. The number of carbonyl (C=O) groups is 1. The van der Waals surface area contributed by atoms with Crippen molar-refractivity contribution in [3.8, 4) is 0 Å². The predicted molar refractivity (Wildman–Crippen MR) is 49.4 cm³/mol. The van der Waals surface area contributed by atoms with E-state index in [1.807, 2.05) is 6.92 Å². The number of hydrogen-bond donors (Lipinski definition) is 2. The fourth-order valence-electron chi connectivity index (χ4n) is 1.80. The second-order valence-electron chi connectivity index (χ2n) is 3.96. The number of aliphatic carboxylic acids is 1. The maximum Gasteiger partial charge on any atom is 0.335 e. The van der Waals surface area contributed by atoms with Crippen LogP contribution in [-0.4, -0.2) is 21.8 Å². The van der Waals surface area contributed by atoms with Crippen LogP contribution < -0.4 is 0 Å². The molecule has 0 amide bonds. The monoisotopic (exact) mass is 184 g/mol. The highest BCUT2D eigenvalue weighted by Gasteiger charge is 2.39. The van der Waals surface area contributed by atoms with E-state index < -0.39 is 11.6 Å². The third-order valence-electron chi connectivity index (χ3n) is 2.91. The van der Waals surface area contributed by atoms with Crippen LogP contribution in [0.2, 0.25) is 0 Å². The van der Waals surface area contributed by atoms with Gasteiger partial charge in [0.1, 0.15) is 0 Å². The van der Waals surface area contributed by atoms with Gasteiger partial charge in [-0.2, -0.15) is 0 Å². The number of rotatable bonds is 2. The topological polar surface area (TPSA) is 57.5 Å². The number of allylic oxidation sites excluding steroid dienone is 1. The molecule has 0 bridgehead atoms. The summed E-state index contributed by atoms with van der Waals surface area (Å²) in [5.41, 5.74) is -0.390. The molecule has 0 unspecified atom stereocenters. The molecule has 0 atom stereocenters. The Morgan fingerprint density at radius 1 is 1.46 bits per heavy atom. The Morgan fingerprint density at radius 2 is 1.92 bits per heavy atom. The van der Waals surface area contributed by atoms with Gasteiger partial charge in [-0.15, -0.1) is 0 Å². The summed E-state index contributed by atoms with van der Waals surface area (Å²) in [5, 5.41) is 18.4. The minimum atomic E-state index is -1.48. The van der Waals surface area contributed by atoms with Gasteiger partial charge in [-0.3, -0.25) is 0 Å². The lowest BCUT2D eigenvalue weighted by atomic mass is 9.76. The molecule has 0 aromatic heterocycles. The zero-order valence-corrected chi connectivity index (χ0v) is 7.92. The molecule has 1 aliphatic rings. The quantitative estimate of drug-likeness (QED) is 0.640. The third kappa shape index (κ3) is 2.10. The smallest absolute Gasteiger partial charge is 0.335 e. The summed E-state index contributed by atoms with van der Waals surface area (Å²) in [5.74, 6) is -0.702. The van der Waals surface area contributed by atoms with E-state index in [-0.39, 0.29) is 0 Å². The molecule has 0 spiro atoms. The van der Waals surface area contributed by atoms with Crippen molar-refractivity contribution >= 4 is 5.97 Å². The van der Waals surface area contributed by atoms with Gasteiger partial charge in [-0.1, -0.05) is 12.2 Å². The van der Waals surface area contributed by atoms with Gasteiger partial charge in [0.15, 0.2) is 5.60 Å². The first-order valence-electron chi connectivity index (χ1n) is 4.57. The van der Waals surface area contributed by atoms with Crippen molar-refractivity contribution in [2.75, 3.05) is 0 Å². The first-order valence-corrected chi connectivity index (χ1v) is 4.57. The average Bonchev–Trinajstić information content (AvgIpc) is 2.04. The standard InChI is InChI=1S/C10H16O3/c1-7(2)8-3-5-10(13,6-4-8)9(11)12/h8,13H,1,3-6H2,2H3,(H,11,12). The van der Waals surface area contributed by atoms with Crippen LogP contribution in [0.25, 0.3) is 0 Å². The van der Waals surface area contributed by atoms with Gasteiger partial charge in [-0.25, -0.2) is 4.79 Å². The lowest BCUT2D eigenvalue weighted by Gasteiger charge is -2.32. The van der Waals surface area contributed by atoms with Gasteiger partial charge in [0, 0.05) is 0 Å². The van der Waals surface area contributed by atoms with Crippen LogP contribution in [0.4, 0.5) is 0 Å². The van der Waals surface area contributed by atoms with Crippen molar-refractivity contribution in [3.05, 3.63) is 12.2 Å². The summed E-state index contributed by atoms with van der Waals surface area (Å²) in [7, 11) is 0. The van der Waals surface area contributed by atoms with E-state index in [2.05, 4.69) is 6.58 Å². The molecule has 1 rings (SSSR count). The van der Waals surface area contributed by atoms with Gasteiger partial charge in [-0.05, 0) is 38.5 Å². The molecule has 3 heteroatoms. The van der Waals surface area contributed by atoms with Gasteiger partial charge in [0.2, 0.25) is 0 Å². The van der Waals surface area contributed by atoms with E-state index in [0.717, 1.165) is 18.4 Å². The van der Waals surface area contributed by atoms with Crippen LogP contribution in [0, 0.1) is 5.92 Å². The van der Waals surface area contributed by atoms with E-state index in [4.69, 9.17) is 5.11 Å². The van der Waals surface area contributed by atoms with Crippen molar-refractivity contribution in [2.45, 2.75) is 38.2 Å². The van der Waals surface area contributed by atoms with Gasteiger partial charge in [0.25, 0.3) is 0 Å². The minimum absolute atomic E-state index is 0.347. The van der Waals surface area contributed by atoms with Gasteiger partial charge in [0.05, 0.1) is 0 Å². The molecule has 3 nitrogen and oxygen atoms in total. The number of hydrogen-bond acceptors (Lipinski definition) is 2. The Bertz CT molecular complexity index is 224. The third-order valence-corrected chi connectivity index (χ3v) is 2.91. The van der Waals surface area contributed by atoms with Crippen LogP contribution in [-0.2, 0) is 4.79 Å². The van der Waals surface area contributed by atoms with Crippen LogP contribution in [0.1, 0.15) is 32.6 Å². The summed E-state index contributed by atoms with van der Waals surface area (Å²) in [6.07, 6.45) is 2.16. The Hall–Kier alpha value is -0.830. The second kappa shape index (κ2) is 3.50. The highest BCUT2D eigenvalue weighted by molar-refractivity contribution is 5.77. The molecule has 0 aromatic rings. The molecule has 1 aliphatic carbocycles.